The molecule has 92 valence electrons. The van der Waals surface area contributed by atoms with Crippen LogP contribution >= 0.6 is 0 Å². The van der Waals surface area contributed by atoms with Gasteiger partial charge in [0.1, 0.15) is 11.8 Å². The largest absolute Gasteiger partial charge is 0.467 e. The molecule has 2 N–H and O–H groups in total. The number of para-hydroxylation sites is 1. The molecule has 0 unspecified atom stereocenters. The van der Waals surface area contributed by atoms with Crippen molar-refractivity contribution in [3.05, 3.63) is 47.9 Å². The van der Waals surface area contributed by atoms with E-state index in [0.29, 0.717) is 17.8 Å². The third-order valence-corrected chi connectivity index (χ3v) is 2.85. The Bertz CT molecular complexity index is 555. The molecule has 0 fully saturated rings. The van der Waals surface area contributed by atoms with Gasteiger partial charge in [-0.15, -0.1) is 0 Å². The Kier molecular flexibility index (Phi) is 3.54. The molecule has 1 heterocycles. The molecule has 0 amide bonds. The monoisotopic (exact) mass is 241 g/mol. The first-order valence-corrected chi connectivity index (χ1v) is 5.82. The molecule has 0 spiro atoms. The molecular weight excluding hydrogens is 226 g/mol. The summed E-state index contributed by atoms with van der Waals surface area (Å²) in [4.78, 5) is 2.08. The second kappa shape index (κ2) is 5.28. The summed E-state index contributed by atoms with van der Waals surface area (Å²) in [5.74, 6) is 0.874. The second-order valence-corrected chi connectivity index (χ2v) is 3.94. The molecule has 1 aromatic carbocycles. The summed E-state index contributed by atoms with van der Waals surface area (Å²) in [6.07, 6.45) is 1.65. The zero-order valence-corrected chi connectivity index (χ0v) is 10.3. The van der Waals surface area contributed by atoms with E-state index in [9.17, 15) is 0 Å². The van der Waals surface area contributed by atoms with E-state index >= 15 is 0 Å². The summed E-state index contributed by atoms with van der Waals surface area (Å²) in [5.41, 5.74) is 7.90. The van der Waals surface area contributed by atoms with Gasteiger partial charge in [-0.05, 0) is 31.2 Å². The molecule has 4 heteroatoms. The minimum absolute atomic E-state index is 0.505. The maximum atomic E-state index is 8.99. The molecule has 1 aromatic heterocycles. The summed E-state index contributed by atoms with van der Waals surface area (Å²) >= 11 is 0. The first-order chi connectivity index (χ1) is 8.76. The highest BCUT2D eigenvalue weighted by Gasteiger charge is 2.12. The predicted octanol–water partition coefficient (Wildman–Crippen LogP) is 2.76. The van der Waals surface area contributed by atoms with E-state index < -0.39 is 0 Å². The van der Waals surface area contributed by atoms with E-state index in [1.807, 2.05) is 31.2 Å². The fourth-order valence-corrected chi connectivity index (χ4v) is 1.88. The van der Waals surface area contributed by atoms with E-state index in [0.717, 1.165) is 18.0 Å². The van der Waals surface area contributed by atoms with E-state index in [1.165, 1.54) is 0 Å². The number of nitrogens with two attached hydrogens (primary N) is 1. The standard InChI is InChI=1S/C14H15N3O/c1-2-17(10-12-6-4-8-18-12)13-7-3-5-11(9-15)14(13)16/h3-8H,2,10,16H2,1H3. The van der Waals surface area contributed by atoms with Gasteiger partial charge in [0.15, 0.2) is 0 Å². The van der Waals surface area contributed by atoms with Gasteiger partial charge in [-0.1, -0.05) is 6.07 Å². The van der Waals surface area contributed by atoms with Crippen molar-refractivity contribution in [1.82, 2.24) is 0 Å². The lowest BCUT2D eigenvalue weighted by atomic mass is 10.1. The quantitative estimate of drug-likeness (QED) is 0.836. The fourth-order valence-electron chi connectivity index (χ4n) is 1.88. The smallest absolute Gasteiger partial charge is 0.123 e. The van der Waals surface area contributed by atoms with Crippen LogP contribution in [-0.2, 0) is 6.54 Å². The average Bonchev–Trinajstić information content (AvgIpc) is 2.89. The number of rotatable bonds is 4. The normalized spacial score (nSPS) is 10.0. The molecule has 0 aliphatic rings. The van der Waals surface area contributed by atoms with Crippen molar-refractivity contribution in [2.45, 2.75) is 13.5 Å². The Morgan fingerprint density at radius 2 is 2.17 bits per heavy atom. The van der Waals surface area contributed by atoms with Gasteiger partial charge in [0.2, 0.25) is 0 Å². The number of hydrogen-bond donors (Lipinski definition) is 1. The van der Waals surface area contributed by atoms with Crippen molar-refractivity contribution in [1.29, 1.82) is 5.26 Å². The van der Waals surface area contributed by atoms with Crippen molar-refractivity contribution in [2.24, 2.45) is 0 Å². The first kappa shape index (κ1) is 12.1. The number of nitrogen functional groups attached to an aromatic ring is 1. The van der Waals surface area contributed by atoms with Crippen LogP contribution in [0.25, 0.3) is 0 Å². The molecule has 18 heavy (non-hydrogen) atoms. The molecule has 0 radical (unpaired) electrons. The van der Waals surface area contributed by atoms with Crippen molar-refractivity contribution in [3.63, 3.8) is 0 Å². The van der Waals surface area contributed by atoms with Crippen molar-refractivity contribution < 1.29 is 4.42 Å². The van der Waals surface area contributed by atoms with E-state index in [-0.39, 0.29) is 0 Å². The number of nitriles is 1. The van der Waals surface area contributed by atoms with Gasteiger partial charge in [0.25, 0.3) is 0 Å². The lowest BCUT2D eigenvalue weighted by Gasteiger charge is -2.23. The number of hydrogen-bond acceptors (Lipinski definition) is 4. The van der Waals surface area contributed by atoms with Crippen LogP contribution in [-0.4, -0.2) is 6.54 Å². The van der Waals surface area contributed by atoms with Gasteiger partial charge in [-0.3, -0.25) is 0 Å². The number of nitrogens with zero attached hydrogens (tertiary/aromatic N) is 2. The van der Waals surface area contributed by atoms with Crippen LogP contribution in [0.5, 0.6) is 0 Å². The minimum Gasteiger partial charge on any atom is -0.467 e. The lowest BCUT2D eigenvalue weighted by Crippen LogP contribution is -2.23. The molecule has 0 aliphatic carbocycles. The minimum atomic E-state index is 0.505. The molecule has 2 aromatic rings. The first-order valence-electron chi connectivity index (χ1n) is 5.82. The van der Waals surface area contributed by atoms with Crippen LogP contribution in [0, 0.1) is 11.3 Å². The fraction of sp³-hybridized carbons (Fsp3) is 0.214. The van der Waals surface area contributed by atoms with Gasteiger partial charge in [-0.2, -0.15) is 5.26 Å². The van der Waals surface area contributed by atoms with Gasteiger partial charge in [0.05, 0.1) is 29.7 Å². The number of furan rings is 1. The molecule has 0 aliphatic heterocycles. The summed E-state index contributed by atoms with van der Waals surface area (Å²) in [5, 5.41) is 8.99. The van der Waals surface area contributed by atoms with Crippen LogP contribution in [0.2, 0.25) is 0 Å². The lowest BCUT2D eigenvalue weighted by molar-refractivity contribution is 0.504. The maximum absolute atomic E-state index is 8.99. The Morgan fingerprint density at radius 3 is 2.78 bits per heavy atom. The molecule has 2 rings (SSSR count). The van der Waals surface area contributed by atoms with Gasteiger partial charge in [0, 0.05) is 6.54 Å². The van der Waals surface area contributed by atoms with Crippen molar-refractivity contribution >= 4 is 11.4 Å². The summed E-state index contributed by atoms with van der Waals surface area (Å²) in [7, 11) is 0. The van der Waals surface area contributed by atoms with Crippen LogP contribution in [0.4, 0.5) is 11.4 Å². The molecule has 0 saturated heterocycles. The molecule has 0 atom stereocenters. The highest BCUT2D eigenvalue weighted by atomic mass is 16.3. The average molecular weight is 241 g/mol. The van der Waals surface area contributed by atoms with E-state index in [4.69, 9.17) is 15.4 Å². The van der Waals surface area contributed by atoms with Crippen LogP contribution in [0.3, 0.4) is 0 Å². The topological polar surface area (TPSA) is 66.2 Å². The summed E-state index contributed by atoms with van der Waals surface area (Å²) < 4.78 is 5.34. The molecule has 4 nitrogen and oxygen atoms in total. The SMILES string of the molecule is CCN(Cc1ccco1)c1cccc(C#N)c1N. The summed E-state index contributed by atoms with van der Waals surface area (Å²) in [6.45, 7) is 3.48. The highest BCUT2D eigenvalue weighted by molar-refractivity contribution is 5.73. The third-order valence-electron chi connectivity index (χ3n) is 2.85. The molecular formula is C14H15N3O. The van der Waals surface area contributed by atoms with Crippen molar-refractivity contribution in [3.8, 4) is 6.07 Å². The van der Waals surface area contributed by atoms with E-state index in [2.05, 4.69) is 11.0 Å². The Hall–Kier alpha value is -2.41. The Morgan fingerprint density at radius 1 is 1.33 bits per heavy atom. The maximum Gasteiger partial charge on any atom is 0.123 e. The molecule has 0 bridgehead atoms. The predicted molar refractivity (Wildman–Crippen MR) is 71.0 cm³/mol. The highest BCUT2D eigenvalue weighted by Crippen LogP contribution is 2.27. The zero-order valence-electron chi connectivity index (χ0n) is 10.3. The zero-order chi connectivity index (χ0) is 13.0. The van der Waals surface area contributed by atoms with Gasteiger partial charge in [-0.25, -0.2) is 0 Å². The Balaban J connectivity index is 2.31. The molecule has 0 saturated carbocycles. The Labute approximate surface area is 106 Å². The second-order valence-electron chi connectivity index (χ2n) is 3.94. The number of anilines is 2. The number of benzene rings is 1. The van der Waals surface area contributed by atoms with Crippen LogP contribution in [0.1, 0.15) is 18.2 Å². The van der Waals surface area contributed by atoms with Crippen LogP contribution < -0.4 is 10.6 Å². The third kappa shape index (κ3) is 2.30. The van der Waals surface area contributed by atoms with Gasteiger partial charge >= 0.3 is 0 Å². The van der Waals surface area contributed by atoms with Gasteiger partial charge < -0.3 is 15.1 Å². The van der Waals surface area contributed by atoms with Crippen LogP contribution in [0.15, 0.2) is 41.0 Å². The summed E-state index contributed by atoms with van der Waals surface area (Å²) in [6, 6.07) is 11.4. The van der Waals surface area contributed by atoms with E-state index in [1.54, 1.807) is 12.3 Å². The van der Waals surface area contributed by atoms with Crippen molar-refractivity contribution in [2.75, 3.05) is 17.2 Å².